The van der Waals surface area contributed by atoms with Gasteiger partial charge in [0, 0.05) is 63.1 Å². The molecule has 0 bridgehead atoms. The van der Waals surface area contributed by atoms with Crippen LogP contribution in [0.15, 0.2) is 59.5 Å². The number of halogens is 1. The van der Waals surface area contributed by atoms with Gasteiger partial charge in [0.05, 0.1) is 12.1 Å². The molecule has 34 heavy (non-hydrogen) atoms. The average Bonchev–Trinajstić information content (AvgIpc) is 3.36. The van der Waals surface area contributed by atoms with Crippen LogP contribution in [0.4, 0.5) is 0 Å². The first kappa shape index (κ1) is 22.9. The fraction of sp³-hybridized carbons (Fsp3) is 0.385. The van der Waals surface area contributed by atoms with Crippen LogP contribution in [0.1, 0.15) is 18.9 Å². The Morgan fingerprint density at radius 3 is 2.50 bits per heavy atom. The second-order valence-electron chi connectivity index (χ2n) is 8.75. The third-order valence-electron chi connectivity index (χ3n) is 6.53. The molecule has 0 spiro atoms. The van der Waals surface area contributed by atoms with E-state index in [1.165, 1.54) is 5.56 Å². The predicted molar refractivity (Wildman–Crippen MR) is 136 cm³/mol. The van der Waals surface area contributed by atoms with Crippen LogP contribution in [-0.2, 0) is 13.1 Å². The maximum Gasteiger partial charge on any atom is 0.275 e. The number of rotatable bonds is 8. The van der Waals surface area contributed by atoms with Gasteiger partial charge in [-0.15, -0.1) is 0 Å². The molecular weight excluding hydrogens is 450 g/mol. The zero-order valence-corrected chi connectivity index (χ0v) is 20.2. The minimum atomic E-state index is 0.00345. The minimum Gasteiger partial charge on any atom is -0.478 e. The third-order valence-corrected chi connectivity index (χ3v) is 6.78. The van der Waals surface area contributed by atoms with Gasteiger partial charge < -0.3 is 14.2 Å². The highest BCUT2D eigenvalue weighted by Crippen LogP contribution is 2.18. The fourth-order valence-corrected chi connectivity index (χ4v) is 4.80. The van der Waals surface area contributed by atoms with Crippen molar-refractivity contribution >= 4 is 28.3 Å². The lowest BCUT2D eigenvalue weighted by molar-refractivity contribution is 0.121. The van der Waals surface area contributed by atoms with E-state index in [2.05, 4.69) is 21.9 Å². The Hall–Kier alpha value is -2.87. The smallest absolute Gasteiger partial charge is 0.275 e. The number of piperazine rings is 1. The number of aryl methyl sites for hydroxylation is 1. The summed E-state index contributed by atoms with van der Waals surface area (Å²) in [6.07, 6.45) is 2.83. The lowest BCUT2D eigenvalue weighted by Crippen LogP contribution is -2.46. The van der Waals surface area contributed by atoms with Gasteiger partial charge in [-0.1, -0.05) is 23.7 Å². The third kappa shape index (κ3) is 4.82. The van der Waals surface area contributed by atoms with Crippen LogP contribution in [0.3, 0.4) is 0 Å². The zero-order valence-electron chi connectivity index (χ0n) is 19.5. The molecule has 7 nitrogen and oxygen atoms in total. The molecule has 1 aliphatic heterocycles. The van der Waals surface area contributed by atoms with Crippen LogP contribution < -0.4 is 10.3 Å². The normalized spacial score (nSPS) is 15.4. The molecule has 0 unspecified atom stereocenters. The molecule has 0 amide bonds. The lowest BCUT2D eigenvalue weighted by Gasteiger charge is -2.34. The van der Waals surface area contributed by atoms with Gasteiger partial charge in [0.1, 0.15) is 5.52 Å². The maximum atomic E-state index is 12.7. The molecule has 4 aromatic rings. The second kappa shape index (κ2) is 10.2. The van der Waals surface area contributed by atoms with Crippen LogP contribution >= 0.6 is 11.6 Å². The van der Waals surface area contributed by atoms with Crippen molar-refractivity contribution in [3.63, 3.8) is 0 Å². The molecule has 0 N–H and O–H groups in total. The van der Waals surface area contributed by atoms with Gasteiger partial charge in [0.2, 0.25) is 5.88 Å². The van der Waals surface area contributed by atoms with Crippen molar-refractivity contribution < 1.29 is 4.74 Å². The number of fused-ring (bicyclic) bond motifs is 3. The molecule has 178 valence electrons. The van der Waals surface area contributed by atoms with Crippen molar-refractivity contribution in [1.82, 2.24) is 23.8 Å². The van der Waals surface area contributed by atoms with Crippen LogP contribution in [-0.4, -0.2) is 63.1 Å². The number of ether oxygens (including phenoxy) is 1. The summed E-state index contributed by atoms with van der Waals surface area (Å²) in [5.41, 5.74) is 3.51. The molecule has 4 heterocycles. The van der Waals surface area contributed by atoms with E-state index in [0.717, 1.165) is 61.9 Å². The molecule has 1 aliphatic rings. The van der Waals surface area contributed by atoms with Gasteiger partial charge in [-0.2, -0.15) is 4.98 Å². The van der Waals surface area contributed by atoms with Gasteiger partial charge in [0.25, 0.3) is 5.56 Å². The summed E-state index contributed by atoms with van der Waals surface area (Å²) in [6, 6.07) is 15.6. The predicted octanol–water partition coefficient (Wildman–Crippen LogP) is 3.91. The Morgan fingerprint density at radius 1 is 0.971 bits per heavy atom. The van der Waals surface area contributed by atoms with E-state index in [1.807, 2.05) is 53.9 Å². The quantitative estimate of drug-likeness (QED) is 0.359. The first-order valence-corrected chi connectivity index (χ1v) is 12.3. The average molecular weight is 480 g/mol. The number of benzene rings is 1. The zero-order chi connectivity index (χ0) is 23.5. The van der Waals surface area contributed by atoms with E-state index in [0.29, 0.717) is 24.5 Å². The summed E-state index contributed by atoms with van der Waals surface area (Å²) >= 11 is 5.99. The van der Waals surface area contributed by atoms with Gasteiger partial charge >= 0.3 is 0 Å². The van der Waals surface area contributed by atoms with Crippen LogP contribution in [0.2, 0.25) is 5.02 Å². The second-order valence-corrected chi connectivity index (χ2v) is 9.19. The molecule has 0 aliphatic carbocycles. The Labute approximate surface area is 204 Å². The van der Waals surface area contributed by atoms with E-state index < -0.39 is 0 Å². The van der Waals surface area contributed by atoms with Gasteiger partial charge in [-0.05, 0) is 49.2 Å². The summed E-state index contributed by atoms with van der Waals surface area (Å²) in [5.74, 6) is 0.594. The highest BCUT2D eigenvalue weighted by atomic mass is 35.5. The maximum absolute atomic E-state index is 12.7. The molecular formula is C26H30ClN5O2. The molecule has 0 saturated carbocycles. The van der Waals surface area contributed by atoms with E-state index in [1.54, 1.807) is 4.57 Å². The van der Waals surface area contributed by atoms with E-state index >= 15 is 0 Å². The fourth-order valence-electron chi connectivity index (χ4n) is 4.68. The summed E-state index contributed by atoms with van der Waals surface area (Å²) in [4.78, 5) is 22.4. The summed E-state index contributed by atoms with van der Waals surface area (Å²) in [6.45, 7) is 9.47. The Morgan fingerprint density at radius 2 is 1.74 bits per heavy atom. The molecule has 8 heteroatoms. The molecule has 0 atom stereocenters. The van der Waals surface area contributed by atoms with E-state index in [9.17, 15) is 4.79 Å². The molecule has 1 fully saturated rings. The molecule has 1 saturated heterocycles. The van der Waals surface area contributed by atoms with E-state index in [-0.39, 0.29) is 5.56 Å². The molecule has 1 aromatic carbocycles. The monoisotopic (exact) mass is 479 g/mol. The Balaban J connectivity index is 1.12. The SMILES string of the molecule is CCn1c(=O)c2cccn2c2nc(OCCCN3CCN(Cc4ccc(Cl)cc4)CC3)ccc21. The van der Waals surface area contributed by atoms with Crippen molar-refractivity contribution in [1.29, 1.82) is 0 Å². The van der Waals surface area contributed by atoms with Gasteiger partial charge in [-0.25, -0.2) is 0 Å². The number of nitrogens with zero attached hydrogens (tertiary/aromatic N) is 5. The number of hydrogen-bond acceptors (Lipinski definition) is 5. The topological polar surface area (TPSA) is 55.0 Å². The number of aromatic nitrogens is 3. The van der Waals surface area contributed by atoms with Crippen molar-refractivity contribution in [2.45, 2.75) is 26.4 Å². The Bertz CT molecular complexity index is 1320. The summed E-state index contributed by atoms with van der Waals surface area (Å²) in [7, 11) is 0. The lowest BCUT2D eigenvalue weighted by atomic mass is 10.2. The van der Waals surface area contributed by atoms with Crippen LogP contribution in [0, 0.1) is 0 Å². The highest BCUT2D eigenvalue weighted by molar-refractivity contribution is 6.30. The van der Waals surface area contributed by atoms with Crippen molar-refractivity contribution in [3.05, 3.63) is 75.7 Å². The largest absolute Gasteiger partial charge is 0.478 e. The summed E-state index contributed by atoms with van der Waals surface area (Å²) in [5, 5.41) is 0.786. The van der Waals surface area contributed by atoms with Gasteiger partial charge in [0.15, 0.2) is 5.65 Å². The first-order chi connectivity index (χ1) is 16.6. The van der Waals surface area contributed by atoms with E-state index in [4.69, 9.17) is 21.3 Å². The number of pyridine rings is 1. The van der Waals surface area contributed by atoms with Crippen molar-refractivity contribution in [3.8, 4) is 5.88 Å². The summed E-state index contributed by atoms with van der Waals surface area (Å²) < 4.78 is 9.59. The molecule has 0 radical (unpaired) electrons. The number of hydrogen-bond donors (Lipinski definition) is 0. The van der Waals surface area contributed by atoms with Crippen LogP contribution in [0.5, 0.6) is 5.88 Å². The minimum absolute atomic E-state index is 0.00345. The van der Waals surface area contributed by atoms with Crippen molar-refractivity contribution in [2.24, 2.45) is 0 Å². The van der Waals surface area contributed by atoms with Crippen molar-refractivity contribution in [2.75, 3.05) is 39.3 Å². The molecule has 5 rings (SSSR count). The van der Waals surface area contributed by atoms with Gasteiger partial charge in [-0.3, -0.25) is 14.1 Å². The molecule has 3 aromatic heterocycles. The highest BCUT2D eigenvalue weighted by Gasteiger charge is 2.17. The van der Waals surface area contributed by atoms with Crippen LogP contribution in [0.25, 0.3) is 16.7 Å². The first-order valence-electron chi connectivity index (χ1n) is 11.9. The Kier molecular flexibility index (Phi) is 6.85. The standard InChI is InChI=1S/C26H30ClN5O2/c1-2-31-22-10-11-24(28-25(22)32-13-3-5-23(32)26(31)33)34-18-4-12-29-14-16-30(17-15-29)19-20-6-8-21(27)9-7-20/h3,5-11,13H,2,4,12,14-19H2,1H3.